The summed E-state index contributed by atoms with van der Waals surface area (Å²) >= 11 is 6.17. The topological polar surface area (TPSA) is 109 Å². The van der Waals surface area contributed by atoms with Crippen LogP contribution in [0.2, 0.25) is 5.02 Å². The third kappa shape index (κ3) is 7.56. The molecule has 2 aromatic rings. The minimum Gasteiger partial charge on any atom is -0.482 e. The second-order valence-electron chi connectivity index (χ2n) is 6.72. The van der Waals surface area contributed by atoms with Crippen molar-refractivity contribution in [3.8, 4) is 5.75 Å². The van der Waals surface area contributed by atoms with Crippen molar-refractivity contribution in [3.05, 3.63) is 58.6 Å². The van der Waals surface area contributed by atoms with Crippen molar-refractivity contribution in [2.75, 3.05) is 11.9 Å². The highest BCUT2D eigenvalue weighted by Gasteiger charge is 2.13. The largest absolute Gasteiger partial charge is 0.482 e. The van der Waals surface area contributed by atoms with Crippen LogP contribution in [-0.2, 0) is 14.4 Å². The van der Waals surface area contributed by atoms with Crippen molar-refractivity contribution in [2.24, 2.45) is 5.10 Å². The number of hydrogen-bond acceptors (Lipinski definition) is 5. The number of aryl methyl sites for hydroxylation is 1. The molecular formula is C21H23ClN4O4. The normalized spacial score (nSPS) is 10.7. The van der Waals surface area contributed by atoms with Crippen molar-refractivity contribution in [1.82, 2.24) is 10.7 Å². The summed E-state index contributed by atoms with van der Waals surface area (Å²) in [4.78, 5) is 35.1. The second-order valence-corrected chi connectivity index (χ2v) is 7.13. The average Bonchev–Trinajstić information content (AvgIpc) is 2.68. The lowest BCUT2D eigenvalue weighted by atomic mass is 10.2. The zero-order valence-electron chi connectivity index (χ0n) is 16.9. The fourth-order valence-electron chi connectivity index (χ4n) is 2.24. The number of ether oxygens (including phenoxy) is 1. The van der Waals surface area contributed by atoms with Crippen molar-refractivity contribution < 1.29 is 19.1 Å². The summed E-state index contributed by atoms with van der Waals surface area (Å²) in [6.45, 7) is 5.24. The molecule has 0 spiro atoms. The molecule has 158 valence electrons. The Morgan fingerprint density at radius 1 is 1.10 bits per heavy atom. The molecule has 0 heterocycles. The lowest BCUT2D eigenvalue weighted by Crippen LogP contribution is -2.41. The Hall–Kier alpha value is -3.39. The highest BCUT2D eigenvalue weighted by Crippen LogP contribution is 2.25. The number of nitrogens with zero attached hydrogens (tertiary/aromatic N) is 1. The Kier molecular flexibility index (Phi) is 8.37. The van der Waals surface area contributed by atoms with Gasteiger partial charge in [-0.05, 0) is 56.7 Å². The summed E-state index contributed by atoms with van der Waals surface area (Å²) in [5, 5.41) is 9.17. The van der Waals surface area contributed by atoms with Crippen LogP contribution < -0.4 is 20.8 Å². The third-order valence-corrected chi connectivity index (χ3v) is 3.95. The molecule has 3 N–H and O–H groups in total. The summed E-state index contributed by atoms with van der Waals surface area (Å²) in [5.41, 5.74) is 4.47. The molecule has 0 radical (unpaired) electrons. The standard InChI is InChI=1S/C21H23ClN4O4/c1-13(2)24-20(28)21(29)26-23-11-15-6-9-18(17(22)10-15)30-12-19(27)25-16-7-4-14(3)5-8-16/h4-11,13H,12H2,1-3H3,(H,24,28)(H,25,27)(H,26,29)/b23-11-. The minimum absolute atomic E-state index is 0.155. The SMILES string of the molecule is Cc1ccc(NC(=O)COc2ccc(/C=N\NC(=O)C(=O)NC(C)C)cc2Cl)cc1. The molecule has 0 bridgehead atoms. The summed E-state index contributed by atoms with van der Waals surface area (Å²) < 4.78 is 5.45. The molecule has 0 saturated heterocycles. The molecule has 2 rings (SSSR count). The van der Waals surface area contributed by atoms with Gasteiger partial charge in [-0.2, -0.15) is 5.10 Å². The maximum Gasteiger partial charge on any atom is 0.329 e. The summed E-state index contributed by atoms with van der Waals surface area (Å²) in [5.74, 6) is -1.63. The summed E-state index contributed by atoms with van der Waals surface area (Å²) in [6.07, 6.45) is 1.33. The molecule has 3 amide bonds. The van der Waals surface area contributed by atoms with Crippen LogP contribution in [0.3, 0.4) is 0 Å². The van der Waals surface area contributed by atoms with E-state index >= 15 is 0 Å². The van der Waals surface area contributed by atoms with Gasteiger partial charge in [-0.1, -0.05) is 29.3 Å². The van der Waals surface area contributed by atoms with E-state index in [-0.39, 0.29) is 23.6 Å². The Bertz CT molecular complexity index is 943. The first-order valence-electron chi connectivity index (χ1n) is 9.17. The zero-order chi connectivity index (χ0) is 22.1. The van der Waals surface area contributed by atoms with Crippen LogP contribution in [0, 0.1) is 6.92 Å². The molecule has 0 atom stereocenters. The Labute approximate surface area is 179 Å². The van der Waals surface area contributed by atoms with E-state index in [1.807, 2.05) is 19.1 Å². The maximum atomic E-state index is 12.0. The minimum atomic E-state index is -0.870. The van der Waals surface area contributed by atoms with Gasteiger partial charge in [0, 0.05) is 11.7 Å². The van der Waals surface area contributed by atoms with Gasteiger partial charge in [0.05, 0.1) is 11.2 Å². The van der Waals surface area contributed by atoms with Crippen molar-refractivity contribution in [3.63, 3.8) is 0 Å². The first-order chi connectivity index (χ1) is 14.2. The molecular weight excluding hydrogens is 408 g/mol. The van der Waals surface area contributed by atoms with Gasteiger partial charge < -0.3 is 15.4 Å². The zero-order valence-corrected chi connectivity index (χ0v) is 17.6. The number of hydrazone groups is 1. The van der Waals surface area contributed by atoms with Gasteiger partial charge in [0.25, 0.3) is 5.91 Å². The first kappa shape index (κ1) is 22.9. The highest BCUT2D eigenvalue weighted by atomic mass is 35.5. The number of amides is 3. The molecule has 0 fully saturated rings. The van der Waals surface area contributed by atoms with Crippen LogP contribution in [0.5, 0.6) is 5.75 Å². The van der Waals surface area contributed by atoms with E-state index in [0.717, 1.165) is 5.56 Å². The molecule has 2 aromatic carbocycles. The lowest BCUT2D eigenvalue weighted by molar-refractivity contribution is -0.139. The van der Waals surface area contributed by atoms with E-state index in [4.69, 9.17) is 16.3 Å². The van der Waals surface area contributed by atoms with Crippen LogP contribution in [0.1, 0.15) is 25.0 Å². The van der Waals surface area contributed by atoms with E-state index in [2.05, 4.69) is 21.2 Å². The van der Waals surface area contributed by atoms with Crippen LogP contribution in [0.25, 0.3) is 0 Å². The summed E-state index contributed by atoms with van der Waals surface area (Å²) in [7, 11) is 0. The molecule has 9 heteroatoms. The third-order valence-electron chi connectivity index (χ3n) is 3.66. The van der Waals surface area contributed by atoms with Crippen molar-refractivity contribution >= 4 is 41.2 Å². The van der Waals surface area contributed by atoms with Crippen molar-refractivity contribution in [1.29, 1.82) is 0 Å². The Balaban J connectivity index is 1.85. The highest BCUT2D eigenvalue weighted by molar-refractivity contribution is 6.35. The van der Waals surface area contributed by atoms with E-state index in [1.54, 1.807) is 44.2 Å². The van der Waals surface area contributed by atoms with Crippen LogP contribution in [0.4, 0.5) is 5.69 Å². The van der Waals surface area contributed by atoms with E-state index in [1.165, 1.54) is 6.21 Å². The Morgan fingerprint density at radius 3 is 2.43 bits per heavy atom. The van der Waals surface area contributed by atoms with E-state index < -0.39 is 11.8 Å². The fourth-order valence-corrected chi connectivity index (χ4v) is 2.48. The van der Waals surface area contributed by atoms with Crippen LogP contribution in [0.15, 0.2) is 47.6 Å². The molecule has 0 aliphatic carbocycles. The number of anilines is 1. The number of benzene rings is 2. The van der Waals surface area contributed by atoms with Gasteiger partial charge in [0.2, 0.25) is 0 Å². The maximum absolute atomic E-state index is 12.0. The number of hydrogen-bond donors (Lipinski definition) is 3. The predicted octanol–water partition coefficient (Wildman–Crippen LogP) is 2.64. The molecule has 0 aliphatic heterocycles. The van der Waals surface area contributed by atoms with Crippen LogP contribution in [-0.4, -0.2) is 36.6 Å². The number of nitrogens with one attached hydrogen (secondary N) is 3. The molecule has 8 nitrogen and oxygen atoms in total. The number of rotatable bonds is 7. The monoisotopic (exact) mass is 430 g/mol. The average molecular weight is 431 g/mol. The summed E-state index contributed by atoms with van der Waals surface area (Å²) in [6, 6.07) is 12.0. The first-order valence-corrected chi connectivity index (χ1v) is 9.55. The molecule has 0 aromatic heterocycles. The fraction of sp³-hybridized carbons (Fsp3) is 0.238. The molecule has 0 aliphatic rings. The lowest BCUT2D eigenvalue weighted by Gasteiger charge is -2.09. The van der Waals surface area contributed by atoms with Crippen molar-refractivity contribution in [2.45, 2.75) is 26.8 Å². The predicted molar refractivity (Wildman–Crippen MR) is 116 cm³/mol. The van der Waals surface area contributed by atoms with Gasteiger partial charge >= 0.3 is 11.8 Å². The van der Waals surface area contributed by atoms with E-state index in [0.29, 0.717) is 17.0 Å². The number of halogens is 1. The number of carbonyl (C=O) groups excluding carboxylic acids is 3. The second kappa shape index (κ2) is 11.0. The molecule has 30 heavy (non-hydrogen) atoms. The Morgan fingerprint density at radius 2 is 1.80 bits per heavy atom. The van der Waals surface area contributed by atoms with Gasteiger partial charge in [0.1, 0.15) is 5.75 Å². The molecule has 0 unspecified atom stereocenters. The van der Waals surface area contributed by atoms with Crippen LogP contribution >= 0.6 is 11.6 Å². The smallest absolute Gasteiger partial charge is 0.329 e. The molecule has 0 saturated carbocycles. The van der Waals surface area contributed by atoms with Gasteiger partial charge in [-0.3, -0.25) is 14.4 Å². The quantitative estimate of drug-likeness (QED) is 0.356. The number of carbonyl (C=O) groups is 3. The van der Waals surface area contributed by atoms with Gasteiger partial charge in [0.15, 0.2) is 6.61 Å². The van der Waals surface area contributed by atoms with Gasteiger partial charge in [-0.25, -0.2) is 5.43 Å². The van der Waals surface area contributed by atoms with E-state index in [9.17, 15) is 14.4 Å². The van der Waals surface area contributed by atoms with Gasteiger partial charge in [-0.15, -0.1) is 0 Å².